The van der Waals surface area contributed by atoms with Crippen LogP contribution in [0.25, 0.3) is 0 Å². The van der Waals surface area contributed by atoms with E-state index in [-0.39, 0.29) is 11.3 Å². The first-order valence-corrected chi connectivity index (χ1v) is 7.54. The number of anilines is 1. The molecule has 0 radical (unpaired) electrons. The van der Waals surface area contributed by atoms with Crippen LogP contribution in [0.2, 0.25) is 5.15 Å². The van der Waals surface area contributed by atoms with Crippen LogP contribution in [-0.4, -0.2) is 15.9 Å². The minimum Gasteiger partial charge on any atom is -0.307 e. The molecule has 21 heavy (non-hydrogen) atoms. The molecular formula is C15H15BrClN3O. The standard InChI is InChI=1S/C15H15BrClN3O/c1-15(2,3)11-6-9(7-12(17)19-11)14(21)20-13-5-4-10(16)8-18-13/h4-8H,1-3H3,(H,18,20,21). The Morgan fingerprint density at radius 2 is 2.00 bits per heavy atom. The smallest absolute Gasteiger partial charge is 0.256 e. The predicted molar refractivity (Wildman–Crippen MR) is 87.8 cm³/mol. The molecule has 0 aliphatic rings. The molecule has 6 heteroatoms. The van der Waals surface area contributed by atoms with Gasteiger partial charge in [-0.05, 0) is 40.2 Å². The lowest BCUT2D eigenvalue weighted by molar-refractivity contribution is 0.102. The molecule has 0 unspecified atom stereocenters. The Labute approximate surface area is 137 Å². The van der Waals surface area contributed by atoms with Gasteiger partial charge < -0.3 is 5.32 Å². The molecule has 0 saturated carbocycles. The SMILES string of the molecule is CC(C)(C)c1cc(C(=O)Nc2ccc(Br)cn2)cc(Cl)n1. The summed E-state index contributed by atoms with van der Waals surface area (Å²) in [5.74, 6) is 0.216. The van der Waals surface area contributed by atoms with E-state index in [0.29, 0.717) is 16.5 Å². The summed E-state index contributed by atoms with van der Waals surface area (Å²) in [6.45, 7) is 6.05. The van der Waals surface area contributed by atoms with Gasteiger partial charge in [0.05, 0.1) is 0 Å². The second kappa shape index (κ2) is 6.12. The molecule has 0 aliphatic carbocycles. The highest BCUT2D eigenvalue weighted by Crippen LogP contribution is 2.23. The number of aromatic nitrogens is 2. The van der Waals surface area contributed by atoms with Crippen molar-refractivity contribution < 1.29 is 4.79 Å². The molecule has 0 aliphatic heterocycles. The van der Waals surface area contributed by atoms with Crippen molar-refractivity contribution in [3.05, 3.63) is 51.3 Å². The highest BCUT2D eigenvalue weighted by molar-refractivity contribution is 9.10. The molecule has 110 valence electrons. The van der Waals surface area contributed by atoms with Gasteiger partial charge in [0.15, 0.2) is 0 Å². The first kappa shape index (κ1) is 15.9. The fourth-order valence-corrected chi connectivity index (χ4v) is 2.09. The Bertz CT molecular complexity index is 666. The molecule has 0 saturated heterocycles. The van der Waals surface area contributed by atoms with Gasteiger partial charge in [0.25, 0.3) is 5.91 Å². The van der Waals surface area contributed by atoms with Crippen LogP contribution in [0.4, 0.5) is 5.82 Å². The summed E-state index contributed by atoms with van der Waals surface area (Å²) in [6, 6.07) is 6.82. The quantitative estimate of drug-likeness (QED) is 0.797. The number of carbonyl (C=O) groups is 1. The third kappa shape index (κ3) is 4.25. The lowest BCUT2D eigenvalue weighted by Gasteiger charge is -2.18. The number of rotatable bonds is 2. The number of hydrogen-bond donors (Lipinski definition) is 1. The maximum atomic E-state index is 12.3. The van der Waals surface area contributed by atoms with E-state index < -0.39 is 0 Å². The van der Waals surface area contributed by atoms with Crippen molar-refractivity contribution in [2.24, 2.45) is 0 Å². The Kier molecular flexibility index (Phi) is 4.64. The van der Waals surface area contributed by atoms with Gasteiger partial charge in [-0.15, -0.1) is 0 Å². The highest BCUT2D eigenvalue weighted by atomic mass is 79.9. The first-order valence-electron chi connectivity index (χ1n) is 6.37. The third-order valence-electron chi connectivity index (χ3n) is 2.79. The van der Waals surface area contributed by atoms with Gasteiger partial charge in [-0.2, -0.15) is 0 Å². The Balaban J connectivity index is 2.27. The molecule has 1 N–H and O–H groups in total. The van der Waals surface area contributed by atoms with Crippen LogP contribution in [-0.2, 0) is 5.41 Å². The number of hydrogen-bond acceptors (Lipinski definition) is 3. The molecule has 0 atom stereocenters. The molecule has 0 bridgehead atoms. The van der Waals surface area contributed by atoms with Crippen molar-refractivity contribution in [1.29, 1.82) is 0 Å². The van der Waals surface area contributed by atoms with Crippen LogP contribution in [0.5, 0.6) is 0 Å². The third-order valence-corrected chi connectivity index (χ3v) is 3.46. The fraction of sp³-hybridized carbons (Fsp3) is 0.267. The summed E-state index contributed by atoms with van der Waals surface area (Å²) in [5.41, 5.74) is 1.05. The number of nitrogens with one attached hydrogen (secondary N) is 1. The largest absolute Gasteiger partial charge is 0.307 e. The average Bonchev–Trinajstić information content (AvgIpc) is 2.39. The number of amides is 1. The Hall–Kier alpha value is -1.46. The predicted octanol–water partition coefficient (Wildman–Crippen LogP) is 4.44. The van der Waals surface area contributed by atoms with Crippen molar-refractivity contribution in [3.63, 3.8) is 0 Å². The molecule has 2 aromatic rings. The second-order valence-electron chi connectivity index (χ2n) is 5.63. The molecule has 2 aromatic heterocycles. The van der Waals surface area contributed by atoms with Gasteiger partial charge >= 0.3 is 0 Å². The monoisotopic (exact) mass is 367 g/mol. The number of carbonyl (C=O) groups excluding carboxylic acids is 1. The molecule has 2 heterocycles. The second-order valence-corrected chi connectivity index (χ2v) is 6.93. The topological polar surface area (TPSA) is 54.9 Å². The minimum absolute atomic E-state index is 0.185. The lowest BCUT2D eigenvalue weighted by atomic mass is 9.91. The van der Waals surface area contributed by atoms with E-state index in [1.807, 2.05) is 26.8 Å². The summed E-state index contributed by atoms with van der Waals surface area (Å²) < 4.78 is 0.850. The maximum Gasteiger partial charge on any atom is 0.256 e. The first-order chi connectivity index (χ1) is 9.75. The van der Waals surface area contributed by atoms with Gasteiger partial charge in [0.1, 0.15) is 11.0 Å². The maximum absolute atomic E-state index is 12.3. The van der Waals surface area contributed by atoms with Gasteiger partial charge in [0.2, 0.25) is 0 Å². The normalized spacial score (nSPS) is 11.3. The zero-order valence-electron chi connectivity index (χ0n) is 11.9. The number of nitrogens with zero attached hydrogens (tertiary/aromatic N) is 2. The highest BCUT2D eigenvalue weighted by Gasteiger charge is 2.19. The van der Waals surface area contributed by atoms with Crippen LogP contribution in [0.15, 0.2) is 34.9 Å². The average molecular weight is 369 g/mol. The van der Waals surface area contributed by atoms with E-state index in [9.17, 15) is 4.79 Å². The van der Waals surface area contributed by atoms with Crippen LogP contribution >= 0.6 is 27.5 Å². The minimum atomic E-state index is -0.264. The summed E-state index contributed by atoms with van der Waals surface area (Å²) in [5, 5.41) is 3.04. The van der Waals surface area contributed by atoms with E-state index in [0.717, 1.165) is 10.2 Å². The van der Waals surface area contributed by atoms with E-state index in [4.69, 9.17) is 11.6 Å². The zero-order chi connectivity index (χ0) is 15.6. The molecule has 0 fully saturated rings. The van der Waals surface area contributed by atoms with Gasteiger partial charge in [-0.1, -0.05) is 32.4 Å². The van der Waals surface area contributed by atoms with E-state index in [1.165, 1.54) is 0 Å². The van der Waals surface area contributed by atoms with Crippen LogP contribution in [0.3, 0.4) is 0 Å². The molecule has 1 amide bonds. The number of halogens is 2. The summed E-state index contributed by atoms with van der Waals surface area (Å²) in [6.07, 6.45) is 1.62. The molecule has 4 nitrogen and oxygen atoms in total. The van der Waals surface area contributed by atoms with Crippen molar-refractivity contribution in [2.45, 2.75) is 26.2 Å². The van der Waals surface area contributed by atoms with E-state index in [1.54, 1.807) is 24.4 Å². The van der Waals surface area contributed by atoms with Crippen LogP contribution < -0.4 is 5.32 Å². The van der Waals surface area contributed by atoms with Crippen LogP contribution in [0, 0.1) is 0 Å². The van der Waals surface area contributed by atoms with E-state index in [2.05, 4.69) is 31.2 Å². The van der Waals surface area contributed by atoms with Crippen molar-refractivity contribution in [3.8, 4) is 0 Å². The van der Waals surface area contributed by atoms with Gasteiger partial charge in [-0.25, -0.2) is 9.97 Å². The van der Waals surface area contributed by atoms with Gasteiger partial charge in [-0.3, -0.25) is 4.79 Å². The Morgan fingerprint density at radius 3 is 2.57 bits per heavy atom. The van der Waals surface area contributed by atoms with Crippen molar-refractivity contribution >= 4 is 39.3 Å². The summed E-state index contributed by atoms with van der Waals surface area (Å²) in [4.78, 5) is 20.7. The molecule has 0 spiro atoms. The summed E-state index contributed by atoms with van der Waals surface area (Å²) in [7, 11) is 0. The number of pyridine rings is 2. The zero-order valence-corrected chi connectivity index (χ0v) is 14.3. The molecule has 2 rings (SSSR count). The molecule has 0 aromatic carbocycles. The lowest BCUT2D eigenvalue weighted by Crippen LogP contribution is -2.18. The molecular weight excluding hydrogens is 354 g/mol. The van der Waals surface area contributed by atoms with E-state index >= 15 is 0 Å². The fourth-order valence-electron chi connectivity index (χ4n) is 1.65. The Morgan fingerprint density at radius 1 is 1.29 bits per heavy atom. The van der Waals surface area contributed by atoms with Gasteiger partial charge in [0, 0.05) is 27.3 Å². The van der Waals surface area contributed by atoms with Crippen molar-refractivity contribution in [1.82, 2.24) is 9.97 Å². The van der Waals surface area contributed by atoms with Crippen LogP contribution in [0.1, 0.15) is 36.8 Å². The summed E-state index contributed by atoms with van der Waals surface area (Å²) >= 11 is 9.31. The van der Waals surface area contributed by atoms with Crippen molar-refractivity contribution in [2.75, 3.05) is 5.32 Å².